The minimum Gasteiger partial charge on any atom is -0.481 e. The van der Waals surface area contributed by atoms with Crippen LogP contribution in [0.5, 0.6) is 0 Å². The van der Waals surface area contributed by atoms with Gasteiger partial charge in [-0.15, -0.1) is 0 Å². The van der Waals surface area contributed by atoms with Gasteiger partial charge in [-0.05, 0) is 31.7 Å². The van der Waals surface area contributed by atoms with Gasteiger partial charge in [0.05, 0.1) is 0 Å². The van der Waals surface area contributed by atoms with E-state index in [1.165, 1.54) is 12.8 Å². The molecule has 0 aromatic rings. The highest BCUT2D eigenvalue weighted by Gasteiger charge is 2.09. The van der Waals surface area contributed by atoms with Crippen molar-refractivity contribution in [2.75, 3.05) is 6.54 Å². The molecular formula is C12H25NO2. The minimum absolute atomic E-state index is 0.271. The molecule has 3 heteroatoms. The van der Waals surface area contributed by atoms with E-state index in [0.717, 1.165) is 25.3 Å². The smallest absolute Gasteiger partial charge is 0.303 e. The summed E-state index contributed by atoms with van der Waals surface area (Å²) in [5, 5.41) is 11.9. The summed E-state index contributed by atoms with van der Waals surface area (Å²) in [5.41, 5.74) is 0. The average Bonchev–Trinajstić information content (AvgIpc) is 2.21. The molecule has 0 fully saturated rings. The number of carbonyl (C=O) groups is 1. The molecule has 2 N–H and O–H groups in total. The number of carboxylic acid groups (broad SMARTS) is 1. The lowest BCUT2D eigenvalue weighted by molar-refractivity contribution is -0.137. The van der Waals surface area contributed by atoms with E-state index < -0.39 is 5.97 Å². The molecule has 0 radical (unpaired) electrons. The molecule has 0 saturated carbocycles. The first kappa shape index (κ1) is 14.4. The maximum absolute atomic E-state index is 10.3. The summed E-state index contributed by atoms with van der Waals surface area (Å²) in [5.74, 6) is 0.0497. The third-order valence-corrected chi connectivity index (χ3v) is 2.88. The number of rotatable bonds is 9. The van der Waals surface area contributed by atoms with Crippen molar-refractivity contribution in [3.05, 3.63) is 0 Å². The summed E-state index contributed by atoms with van der Waals surface area (Å²) in [6.45, 7) is 7.47. The minimum atomic E-state index is -0.702. The Bertz CT molecular complexity index is 171. The number of carboxylic acids is 1. The lowest BCUT2D eigenvalue weighted by Crippen LogP contribution is -2.31. The summed E-state index contributed by atoms with van der Waals surface area (Å²) >= 11 is 0. The van der Waals surface area contributed by atoms with Gasteiger partial charge in [0.25, 0.3) is 0 Å². The highest BCUT2D eigenvalue weighted by molar-refractivity contribution is 5.66. The summed E-state index contributed by atoms with van der Waals surface area (Å²) in [6.07, 6.45) is 4.53. The SMILES string of the molecule is CCC(C)CC(CC)NCCCC(=O)O. The van der Waals surface area contributed by atoms with E-state index in [1.54, 1.807) is 0 Å². The average molecular weight is 215 g/mol. The normalized spacial score (nSPS) is 14.9. The number of nitrogens with one attached hydrogen (secondary N) is 1. The second-order valence-electron chi connectivity index (χ2n) is 4.31. The predicted molar refractivity (Wildman–Crippen MR) is 63.0 cm³/mol. The Morgan fingerprint density at radius 1 is 1.33 bits per heavy atom. The van der Waals surface area contributed by atoms with E-state index in [4.69, 9.17) is 5.11 Å². The molecule has 0 rings (SSSR count). The monoisotopic (exact) mass is 215 g/mol. The standard InChI is InChI=1S/C12H25NO2/c1-4-10(3)9-11(5-2)13-8-6-7-12(14)15/h10-11,13H,4-9H2,1-3H3,(H,14,15). The van der Waals surface area contributed by atoms with E-state index in [1.807, 2.05) is 0 Å². The molecule has 0 aromatic carbocycles. The lowest BCUT2D eigenvalue weighted by Gasteiger charge is -2.20. The molecule has 0 spiro atoms. The van der Waals surface area contributed by atoms with Crippen LogP contribution in [-0.2, 0) is 4.79 Å². The fourth-order valence-corrected chi connectivity index (χ4v) is 1.59. The summed E-state index contributed by atoms with van der Waals surface area (Å²) in [7, 11) is 0. The van der Waals surface area contributed by atoms with Crippen molar-refractivity contribution < 1.29 is 9.90 Å². The van der Waals surface area contributed by atoms with Crippen molar-refractivity contribution in [1.29, 1.82) is 0 Å². The molecule has 15 heavy (non-hydrogen) atoms. The highest BCUT2D eigenvalue weighted by Crippen LogP contribution is 2.11. The summed E-state index contributed by atoms with van der Waals surface area (Å²) < 4.78 is 0. The first-order valence-corrected chi connectivity index (χ1v) is 6.05. The fourth-order valence-electron chi connectivity index (χ4n) is 1.59. The van der Waals surface area contributed by atoms with Crippen LogP contribution in [0.25, 0.3) is 0 Å². The quantitative estimate of drug-likeness (QED) is 0.581. The molecule has 2 unspecified atom stereocenters. The molecule has 0 aromatic heterocycles. The van der Waals surface area contributed by atoms with Crippen molar-refractivity contribution in [1.82, 2.24) is 5.32 Å². The van der Waals surface area contributed by atoms with Crippen LogP contribution in [-0.4, -0.2) is 23.7 Å². The van der Waals surface area contributed by atoms with Gasteiger partial charge in [0.2, 0.25) is 0 Å². The Balaban J connectivity index is 3.56. The molecule has 0 aliphatic heterocycles. The van der Waals surface area contributed by atoms with E-state index >= 15 is 0 Å². The molecule has 0 aliphatic carbocycles. The molecule has 0 bridgehead atoms. The Morgan fingerprint density at radius 3 is 2.47 bits per heavy atom. The third kappa shape index (κ3) is 8.43. The van der Waals surface area contributed by atoms with E-state index in [2.05, 4.69) is 26.1 Å². The van der Waals surface area contributed by atoms with Crippen LogP contribution >= 0.6 is 0 Å². The topological polar surface area (TPSA) is 49.3 Å². The maximum atomic E-state index is 10.3. The van der Waals surface area contributed by atoms with E-state index in [-0.39, 0.29) is 6.42 Å². The van der Waals surface area contributed by atoms with Crippen LogP contribution in [0.2, 0.25) is 0 Å². The largest absolute Gasteiger partial charge is 0.481 e. The molecule has 0 amide bonds. The van der Waals surface area contributed by atoms with Crippen LogP contribution < -0.4 is 5.32 Å². The third-order valence-electron chi connectivity index (χ3n) is 2.88. The van der Waals surface area contributed by atoms with Gasteiger partial charge in [-0.25, -0.2) is 0 Å². The van der Waals surface area contributed by atoms with Gasteiger partial charge in [0.1, 0.15) is 0 Å². The van der Waals surface area contributed by atoms with Gasteiger partial charge >= 0.3 is 5.97 Å². The van der Waals surface area contributed by atoms with Gasteiger partial charge < -0.3 is 10.4 Å². The zero-order valence-electron chi connectivity index (χ0n) is 10.3. The van der Waals surface area contributed by atoms with Gasteiger partial charge in [-0.2, -0.15) is 0 Å². The van der Waals surface area contributed by atoms with Gasteiger partial charge in [-0.3, -0.25) is 4.79 Å². The molecular weight excluding hydrogens is 190 g/mol. The summed E-state index contributed by atoms with van der Waals surface area (Å²) in [6, 6.07) is 0.550. The Labute approximate surface area is 93.3 Å². The second kappa shape index (κ2) is 8.72. The van der Waals surface area contributed by atoms with Gasteiger partial charge in [0, 0.05) is 12.5 Å². The maximum Gasteiger partial charge on any atom is 0.303 e. The number of hydrogen-bond donors (Lipinski definition) is 2. The zero-order valence-corrected chi connectivity index (χ0v) is 10.3. The molecule has 2 atom stereocenters. The molecule has 0 saturated heterocycles. The fraction of sp³-hybridized carbons (Fsp3) is 0.917. The van der Waals surface area contributed by atoms with Crippen molar-refractivity contribution >= 4 is 5.97 Å². The molecule has 0 aliphatic rings. The van der Waals surface area contributed by atoms with E-state index in [9.17, 15) is 4.79 Å². The van der Waals surface area contributed by atoms with Crippen LogP contribution in [0.1, 0.15) is 52.9 Å². The molecule has 90 valence electrons. The summed E-state index contributed by atoms with van der Waals surface area (Å²) in [4.78, 5) is 10.3. The lowest BCUT2D eigenvalue weighted by atomic mass is 9.98. The van der Waals surface area contributed by atoms with Crippen molar-refractivity contribution in [3.63, 3.8) is 0 Å². The van der Waals surface area contributed by atoms with Crippen molar-refractivity contribution in [2.24, 2.45) is 5.92 Å². The number of aliphatic carboxylic acids is 1. The first-order chi connectivity index (χ1) is 7.10. The van der Waals surface area contributed by atoms with Crippen LogP contribution in [0.15, 0.2) is 0 Å². The van der Waals surface area contributed by atoms with Crippen LogP contribution in [0.4, 0.5) is 0 Å². The van der Waals surface area contributed by atoms with Crippen molar-refractivity contribution in [3.8, 4) is 0 Å². The Morgan fingerprint density at radius 2 is 2.00 bits per heavy atom. The van der Waals surface area contributed by atoms with E-state index in [0.29, 0.717) is 6.04 Å². The highest BCUT2D eigenvalue weighted by atomic mass is 16.4. The van der Waals surface area contributed by atoms with Crippen LogP contribution in [0.3, 0.4) is 0 Å². The Kier molecular flexibility index (Phi) is 8.38. The first-order valence-electron chi connectivity index (χ1n) is 6.05. The van der Waals surface area contributed by atoms with Gasteiger partial charge in [-0.1, -0.05) is 27.2 Å². The molecule has 3 nitrogen and oxygen atoms in total. The zero-order chi connectivity index (χ0) is 11.7. The van der Waals surface area contributed by atoms with Crippen LogP contribution in [0, 0.1) is 5.92 Å². The predicted octanol–water partition coefficient (Wildman–Crippen LogP) is 2.66. The second-order valence-corrected chi connectivity index (χ2v) is 4.31. The van der Waals surface area contributed by atoms with Gasteiger partial charge in [0.15, 0.2) is 0 Å². The molecule has 0 heterocycles. The van der Waals surface area contributed by atoms with Crippen molar-refractivity contribution in [2.45, 2.75) is 58.9 Å². The number of hydrogen-bond acceptors (Lipinski definition) is 2. The Hall–Kier alpha value is -0.570.